The van der Waals surface area contributed by atoms with Crippen LogP contribution in [-0.2, 0) is 0 Å². The van der Waals surface area contributed by atoms with Crippen LogP contribution in [0, 0.1) is 0 Å². The molecule has 0 aromatic rings. The van der Waals surface area contributed by atoms with Gasteiger partial charge in [0.2, 0.25) is 0 Å². The van der Waals surface area contributed by atoms with Crippen LogP contribution in [-0.4, -0.2) is 4.38 Å². The zero-order chi connectivity index (χ0) is 13.3. The van der Waals surface area contributed by atoms with E-state index in [0.717, 1.165) is 12.8 Å². The van der Waals surface area contributed by atoms with E-state index in [-0.39, 0.29) is 0 Å². The van der Waals surface area contributed by atoms with Gasteiger partial charge < -0.3 is 0 Å². The average molecular weight is 300 g/mol. The molecule has 0 bridgehead atoms. The van der Waals surface area contributed by atoms with Crippen molar-refractivity contribution in [1.29, 1.82) is 0 Å². The van der Waals surface area contributed by atoms with Crippen molar-refractivity contribution in [1.82, 2.24) is 0 Å². The molecule has 0 saturated heterocycles. The maximum Gasteiger partial charge on any atom is 0.0377 e. The van der Waals surface area contributed by atoms with E-state index in [9.17, 15) is 0 Å². The van der Waals surface area contributed by atoms with Crippen molar-refractivity contribution in [3.63, 3.8) is 0 Å². The number of halogens is 1. The van der Waals surface area contributed by atoms with Crippen LogP contribution in [0.2, 0.25) is 0 Å². The summed E-state index contributed by atoms with van der Waals surface area (Å²) in [4.78, 5) is 0. The molecule has 0 aliphatic rings. The molecule has 2 atom stereocenters. The Hall–Kier alpha value is 0.730. The molecule has 0 saturated carbocycles. The zero-order valence-electron chi connectivity index (χ0n) is 12.7. The molecule has 0 aliphatic carbocycles. The van der Waals surface area contributed by atoms with Gasteiger partial charge in [-0.1, -0.05) is 87.3 Å². The molecule has 0 heterocycles. The van der Waals surface area contributed by atoms with E-state index in [1.165, 1.54) is 32.1 Å². The lowest BCUT2D eigenvalue weighted by Gasteiger charge is -2.00. The van der Waals surface area contributed by atoms with E-state index in [2.05, 4.69) is 6.92 Å². The van der Waals surface area contributed by atoms with Crippen molar-refractivity contribution >= 4 is 22.6 Å². The molecule has 1 heteroatoms. The van der Waals surface area contributed by atoms with Gasteiger partial charge in [-0.2, -0.15) is 0 Å². The Bertz CT molecular complexity index is 182. The lowest BCUT2D eigenvalue weighted by Crippen LogP contribution is -1.81. The van der Waals surface area contributed by atoms with Crippen molar-refractivity contribution < 1.29 is 5.48 Å². The summed E-state index contributed by atoms with van der Waals surface area (Å²) >= 11 is 1.63. The Morgan fingerprint density at radius 1 is 0.846 bits per heavy atom. The van der Waals surface area contributed by atoms with Crippen LogP contribution in [0.4, 0.5) is 0 Å². The van der Waals surface area contributed by atoms with Gasteiger partial charge in [0.1, 0.15) is 0 Å². The maximum atomic E-state index is 7.75. The Morgan fingerprint density at radius 2 is 1.38 bits per heavy atom. The highest BCUT2D eigenvalue weighted by molar-refractivity contribution is 14.1. The van der Waals surface area contributed by atoms with Crippen molar-refractivity contribution in [3.8, 4) is 0 Å². The minimum atomic E-state index is -1.58. The van der Waals surface area contributed by atoms with Gasteiger partial charge >= 0.3 is 0 Å². The molecule has 0 fully saturated rings. The molecule has 0 aromatic carbocycles. The SMILES string of the molecule is [2H][C@H](CCCCCCCCC)[C@@H]([2H])C([2H])([2H])I. The molecule has 80 valence electrons. The van der Waals surface area contributed by atoms with E-state index < -0.39 is 17.2 Å². The van der Waals surface area contributed by atoms with E-state index in [4.69, 9.17) is 5.48 Å². The topological polar surface area (TPSA) is 0 Å². The summed E-state index contributed by atoms with van der Waals surface area (Å²) in [5, 5.41) is 0. The van der Waals surface area contributed by atoms with Gasteiger partial charge in [0, 0.05) is 5.48 Å². The molecule has 0 unspecified atom stereocenters. The Morgan fingerprint density at radius 3 is 1.92 bits per heavy atom. The summed E-state index contributed by atoms with van der Waals surface area (Å²) < 4.78 is 28.6. The monoisotopic (exact) mass is 300 g/mol. The number of unbranched alkanes of at least 4 members (excludes halogenated alkanes) is 6. The van der Waals surface area contributed by atoms with Crippen LogP contribution in [0.25, 0.3) is 0 Å². The van der Waals surface area contributed by atoms with E-state index in [1.807, 2.05) is 0 Å². The Kier molecular flexibility index (Phi) is 7.78. The smallest absolute Gasteiger partial charge is 0.0377 e. The second kappa shape index (κ2) is 12.7. The quantitative estimate of drug-likeness (QED) is 0.290. The van der Waals surface area contributed by atoms with Crippen LogP contribution < -0.4 is 0 Å². The molecule has 0 aromatic heterocycles. The van der Waals surface area contributed by atoms with Gasteiger partial charge in [-0.05, 0) is 10.8 Å². The van der Waals surface area contributed by atoms with Gasteiger partial charge in [0.25, 0.3) is 0 Å². The molecule has 0 rings (SSSR count). The second-order valence-electron chi connectivity index (χ2n) is 3.42. The summed E-state index contributed by atoms with van der Waals surface area (Å²) in [6.07, 6.45) is 7.59. The molecule has 13 heavy (non-hydrogen) atoms. The van der Waals surface area contributed by atoms with Gasteiger partial charge in [-0.3, -0.25) is 0 Å². The van der Waals surface area contributed by atoms with Gasteiger partial charge in [0.05, 0.1) is 0 Å². The average Bonchev–Trinajstić information content (AvgIpc) is 2.25. The highest BCUT2D eigenvalue weighted by atomic mass is 127. The van der Waals surface area contributed by atoms with Crippen LogP contribution in [0.15, 0.2) is 0 Å². The predicted molar refractivity (Wildman–Crippen MR) is 70.7 cm³/mol. The number of hydrogen-bond acceptors (Lipinski definition) is 0. The van der Waals surface area contributed by atoms with Crippen molar-refractivity contribution in [3.05, 3.63) is 0 Å². The lowest BCUT2D eigenvalue weighted by molar-refractivity contribution is 0.563. The molecular formula is C12H25I. The van der Waals surface area contributed by atoms with Crippen LogP contribution >= 0.6 is 22.6 Å². The fourth-order valence-electron chi connectivity index (χ4n) is 1.35. The Balaban J connectivity index is 3.48. The van der Waals surface area contributed by atoms with E-state index in [1.54, 1.807) is 22.6 Å². The summed E-state index contributed by atoms with van der Waals surface area (Å²) in [5.41, 5.74) is 0. The summed E-state index contributed by atoms with van der Waals surface area (Å²) in [6, 6.07) is 0. The molecule has 0 aliphatic heterocycles. The first kappa shape index (κ1) is 7.95. The van der Waals surface area contributed by atoms with Crippen LogP contribution in [0.1, 0.15) is 76.6 Å². The molecular weight excluding hydrogens is 271 g/mol. The third kappa shape index (κ3) is 12.7. The second-order valence-corrected chi connectivity index (χ2v) is 4.04. The number of rotatable bonds is 10. The highest BCUT2D eigenvalue weighted by Gasteiger charge is 1.91. The number of alkyl halides is 1. The lowest BCUT2D eigenvalue weighted by atomic mass is 10.1. The first-order chi connectivity index (χ1) is 7.89. The third-order valence-electron chi connectivity index (χ3n) is 2.16. The maximum absolute atomic E-state index is 7.75. The molecule has 0 spiro atoms. The first-order valence-electron chi connectivity index (χ1n) is 7.58. The van der Waals surface area contributed by atoms with Crippen molar-refractivity contribution in [2.24, 2.45) is 0 Å². The predicted octanol–water partition coefficient (Wildman–Crippen LogP) is 5.34. The normalized spacial score (nSPS) is 21.1. The van der Waals surface area contributed by atoms with Gasteiger partial charge in [-0.25, -0.2) is 0 Å². The minimum absolute atomic E-state index is 0.586. The van der Waals surface area contributed by atoms with Crippen LogP contribution in [0.3, 0.4) is 0 Å². The molecule has 0 N–H and O–H groups in total. The highest BCUT2D eigenvalue weighted by Crippen LogP contribution is 2.10. The largest absolute Gasteiger partial charge is 0.0864 e. The summed E-state index contributed by atoms with van der Waals surface area (Å²) in [7, 11) is 0. The fraction of sp³-hybridized carbons (Fsp3) is 1.00. The Labute approximate surface area is 104 Å². The molecule has 0 amide bonds. The number of hydrogen-bond donors (Lipinski definition) is 0. The first-order valence-corrected chi connectivity index (χ1v) is 6.51. The molecule has 0 nitrogen and oxygen atoms in total. The minimum Gasteiger partial charge on any atom is -0.0864 e. The zero-order valence-corrected chi connectivity index (χ0v) is 10.8. The standard InChI is InChI=1S/C12H25I/c1-2-3-4-5-6-7-8-9-10-11-12-13/h2-12H2,1H3/i10D,11D,12D2/t10-,11-/m1/s1. The van der Waals surface area contributed by atoms with E-state index >= 15 is 0 Å². The summed E-state index contributed by atoms with van der Waals surface area (Å²) in [5.74, 6) is 0. The van der Waals surface area contributed by atoms with Gasteiger partial charge in [0.15, 0.2) is 0 Å². The summed E-state index contributed by atoms with van der Waals surface area (Å²) in [6.45, 7) is 2.21. The molecule has 0 radical (unpaired) electrons. The van der Waals surface area contributed by atoms with Crippen molar-refractivity contribution in [2.45, 2.75) is 71.1 Å². The van der Waals surface area contributed by atoms with Crippen molar-refractivity contribution in [2.75, 3.05) is 4.38 Å². The van der Waals surface area contributed by atoms with E-state index in [0.29, 0.717) is 6.42 Å². The van der Waals surface area contributed by atoms with Gasteiger partial charge in [-0.15, -0.1) is 0 Å². The fourth-order valence-corrected chi connectivity index (χ4v) is 1.60. The third-order valence-corrected chi connectivity index (χ3v) is 2.51. The van der Waals surface area contributed by atoms with Crippen LogP contribution in [0.5, 0.6) is 0 Å².